The van der Waals surface area contributed by atoms with Crippen molar-refractivity contribution in [3.05, 3.63) is 97.9 Å². The molecule has 0 bridgehead atoms. The second-order valence-corrected chi connectivity index (χ2v) is 7.85. The molecule has 1 amide bonds. The third-order valence-corrected chi connectivity index (χ3v) is 5.50. The van der Waals surface area contributed by atoms with Crippen molar-refractivity contribution >= 4 is 35.0 Å². The first-order valence-corrected chi connectivity index (χ1v) is 10.5. The highest BCUT2D eigenvalue weighted by Gasteiger charge is 2.12. The van der Waals surface area contributed by atoms with Gasteiger partial charge in [-0.3, -0.25) is 14.2 Å². The van der Waals surface area contributed by atoms with E-state index < -0.39 is 5.97 Å². The molecule has 168 valence electrons. The minimum Gasteiger partial charge on any atom is -0.465 e. The smallest absolute Gasteiger partial charge is 0.337 e. The molecule has 4 aromatic rings. The number of aromatic amines is 1. The van der Waals surface area contributed by atoms with Crippen molar-refractivity contribution in [1.82, 2.24) is 14.9 Å². The number of rotatable bonds is 6. The number of amides is 1. The molecule has 0 saturated heterocycles. The van der Waals surface area contributed by atoms with Crippen LogP contribution in [-0.2, 0) is 17.8 Å². The zero-order chi connectivity index (χ0) is 23.5. The first-order valence-electron chi connectivity index (χ1n) is 10.1. The third-order valence-electron chi connectivity index (χ3n) is 5.18. The van der Waals surface area contributed by atoms with E-state index in [0.717, 1.165) is 11.3 Å². The number of benzene rings is 2. The van der Waals surface area contributed by atoms with Gasteiger partial charge in [0.2, 0.25) is 0 Å². The Morgan fingerprint density at radius 1 is 1.09 bits per heavy atom. The van der Waals surface area contributed by atoms with E-state index >= 15 is 0 Å². The molecular formula is C24H21N3O5S. The fourth-order valence-corrected chi connectivity index (χ4v) is 3.69. The van der Waals surface area contributed by atoms with E-state index in [1.807, 2.05) is 19.1 Å². The van der Waals surface area contributed by atoms with Gasteiger partial charge in [0, 0.05) is 5.56 Å². The van der Waals surface area contributed by atoms with Crippen molar-refractivity contribution in [1.29, 1.82) is 0 Å². The summed E-state index contributed by atoms with van der Waals surface area (Å²) < 4.78 is 11.8. The maximum atomic E-state index is 13.0. The van der Waals surface area contributed by atoms with Gasteiger partial charge in [-0.15, -0.1) is 0 Å². The average molecular weight is 464 g/mol. The van der Waals surface area contributed by atoms with Crippen LogP contribution in [-0.4, -0.2) is 28.5 Å². The lowest BCUT2D eigenvalue weighted by atomic mass is 10.1. The molecule has 0 spiro atoms. The van der Waals surface area contributed by atoms with Crippen LogP contribution in [0.5, 0.6) is 0 Å². The fourth-order valence-electron chi connectivity index (χ4n) is 3.44. The Morgan fingerprint density at radius 2 is 1.82 bits per heavy atom. The van der Waals surface area contributed by atoms with Crippen LogP contribution in [0.4, 0.5) is 0 Å². The number of nitrogens with one attached hydrogen (secondary N) is 2. The zero-order valence-corrected chi connectivity index (χ0v) is 18.8. The van der Waals surface area contributed by atoms with Gasteiger partial charge in [-0.05, 0) is 67.2 Å². The number of nitrogens with zero attached hydrogens (tertiary/aromatic N) is 1. The molecule has 2 N–H and O–H groups in total. The van der Waals surface area contributed by atoms with Crippen LogP contribution < -0.4 is 10.9 Å². The van der Waals surface area contributed by atoms with Crippen molar-refractivity contribution in [2.24, 2.45) is 0 Å². The number of carbonyl (C=O) groups is 2. The van der Waals surface area contributed by atoms with Crippen LogP contribution in [0.2, 0.25) is 0 Å². The van der Waals surface area contributed by atoms with E-state index in [1.165, 1.54) is 17.7 Å². The minimum absolute atomic E-state index is 0.225. The lowest BCUT2D eigenvalue weighted by Crippen LogP contribution is -2.24. The number of hydrogen-bond acceptors (Lipinski definition) is 6. The Bertz CT molecular complexity index is 1460. The van der Waals surface area contributed by atoms with Gasteiger partial charge < -0.3 is 19.5 Å². The minimum atomic E-state index is -0.496. The summed E-state index contributed by atoms with van der Waals surface area (Å²) >= 11 is 5.37. The third kappa shape index (κ3) is 4.78. The highest BCUT2D eigenvalue weighted by molar-refractivity contribution is 7.71. The molecule has 4 rings (SSSR count). The van der Waals surface area contributed by atoms with Gasteiger partial charge in [-0.1, -0.05) is 12.1 Å². The number of carbonyl (C=O) groups excluding carboxylic acids is 2. The van der Waals surface area contributed by atoms with Gasteiger partial charge in [0.25, 0.3) is 11.5 Å². The van der Waals surface area contributed by atoms with E-state index in [9.17, 15) is 14.4 Å². The molecule has 8 nitrogen and oxygen atoms in total. The normalized spacial score (nSPS) is 10.8. The summed E-state index contributed by atoms with van der Waals surface area (Å²) in [5, 5.41) is 3.21. The largest absolute Gasteiger partial charge is 0.465 e. The zero-order valence-electron chi connectivity index (χ0n) is 18.0. The van der Waals surface area contributed by atoms with Crippen molar-refractivity contribution in [2.45, 2.75) is 20.0 Å². The van der Waals surface area contributed by atoms with Crippen LogP contribution in [0.25, 0.3) is 10.9 Å². The van der Waals surface area contributed by atoms with Crippen LogP contribution in [0, 0.1) is 11.7 Å². The van der Waals surface area contributed by atoms with E-state index in [0.29, 0.717) is 34.3 Å². The highest BCUT2D eigenvalue weighted by atomic mass is 32.1. The standard InChI is InChI=1S/C24H21N3O5S/c1-14-3-9-18(32-14)12-25-21(28)16-6-4-15(5-7-16)13-27-22(29)19-10-8-17(23(30)31-2)11-20(19)26-24(27)33/h3-11H,12-13H2,1-2H3,(H,25,28)(H,26,33). The Morgan fingerprint density at radius 3 is 2.48 bits per heavy atom. The number of H-pyrrole nitrogens is 1. The van der Waals surface area contributed by atoms with E-state index in [1.54, 1.807) is 36.4 Å². The fraction of sp³-hybridized carbons (Fsp3) is 0.167. The van der Waals surface area contributed by atoms with Crippen LogP contribution in [0.3, 0.4) is 0 Å². The van der Waals surface area contributed by atoms with E-state index in [2.05, 4.69) is 10.3 Å². The summed E-state index contributed by atoms with van der Waals surface area (Å²) in [5.41, 5.74) is 1.81. The maximum Gasteiger partial charge on any atom is 0.337 e. The highest BCUT2D eigenvalue weighted by Crippen LogP contribution is 2.13. The van der Waals surface area contributed by atoms with Crippen LogP contribution in [0.1, 0.15) is 37.8 Å². The molecule has 33 heavy (non-hydrogen) atoms. The lowest BCUT2D eigenvalue weighted by molar-refractivity contribution is 0.0600. The van der Waals surface area contributed by atoms with Crippen molar-refractivity contribution in [2.75, 3.05) is 7.11 Å². The number of furan rings is 1. The molecule has 9 heteroatoms. The Hall–Kier alpha value is -3.98. The summed E-state index contributed by atoms with van der Waals surface area (Å²) in [6.07, 6.45) is 0. The van der Waals surface area contributed by atoms with Crippen LogP contribution >= 0.6 is 12.2 Å². The van der Waals surface area contributed by atoms with E-state index in [4.69, 9.17) is 21.4 Å². The lowest BCUT2D eigenvalue weighted by Gasteiger charge is -2.10. The second kappa shape index (κ2) is 9.25. The topological polar surface area (TPSA) is 106 Å². The molecule has 0 fully saturated rings. The molecule has 0 aliphatic rings. The number of ether oxygens (including phenoxy) is 1. The Kier molecular flexibility index (Phi) is 6.23. The average Bonchev–Trinajstić information content (AvgIpc) is 3.24. The Labute approximate surface area is 193 Å². The number of aryl methyl sites for hydroxylation is 1. The first kappa shape index (κ1) is 22.2. The maximum absolute atomic E-state index is 13.0. The molecule has 2 aromatic heterocycles. The van der Waals surface area contributed by atoms with Crippen molar-refractivity contribution in [3.8, 4) is 0 Å². The van der Waals surface area contributed by atoms with Gasteiger partial charge in [0.1, 0.15) is 11.5 Å². The summed E-state index contributed by atoms with van der Waals surface area (Å²) in [6, 6.07) is 15.2. The van der Waals surface area contributed by atoms with Gasteiger partial charge in [0.05, 0.1) is 36.7 Å². The Balaban J connectivity index is 1.52. The number of aromatic nitrogens is 2. The van der Waals surface area contributed by atoms with Crippen molar-refractivity contribution < 1.29 is 18.7 Å². The molecule has 0 atom stereocenters. The second-order valence-electron chi connectivity index (χ2n) is 7.47. The van der Waals surface area contributed by atoms with Gasteiger partial charge in [-0.25, -0.2) is 4.79 Å². The predicted octanol–water partition coefficient (Wildman–Crippen LogP) is 3.73. The first-order chi connectivity index (χ1) is 15.9. The molecule has 0 saturated carbocycles. The molecule has 2 heterocycles. The van der Waals surface area contributed by atoms with Gasteiger partial charge >= 0.3 is 5.97 Å². The SMILES string of the molecule is COC(=O)c1ccc2c(=O)n(Cc3ccc(C(=O)NCc4ccc(C)o4)cc3)c(=S)[nH]c2c1. The molecular weight excluding hydrogens is 442 g/mol. The summed E-state index contributed by atoms with van der Waals surface area (Å²) in [7, 11) is 1.29. The van der Waals surface area contributed by atoms with Crippen LogP contribution in [0.15, 0.2) is 63.8 Å². The molecule has 0 aliphatic heterocycles. The number of methoxy groups -OCH3 is 1. The van der Waals surface area contributed by atoms with Crippen molar-refractivity contribution in [3.63, 3.8) is 0 Å². The van der Waals surface area contributed by atoms with Gasteiger partial charge in [-0.2, -0.15) is 0 Å². The molecule has 0 radical (unpaired) electrons. The van der Waals surface area contributed by atoms with Gasteiger partial charge in [0.15, 0.2) is 4.77 Å². The molecule has 2 aromatic carbocycles. The van der Waals surface area contributed by atoms with E-state index in [-0.39, 0.29) is 22.8 Å². The molecule has 0 unspecified atom stereocenters. The quantitative estimate of drug-likeness (QED) is 0.333. The monoisotopic (exact) mass is 463 g/mol. The number of hydrogen-bond donors (Lipinski definition) is 2. The molecule has 0 aliphatic carbocycles. The summed E-state index contributed by atoms with van der Waals surface area (Å²) in [4.78, 5) is 40.1. The predicted molar refractivity (Wildman–Crippen MR) is 125 cm³/mol. The summed E-state index contributed by atoms with van der Waals surface area (Å²) in [6.45, 7) is 2.38. The number of esters is 1. The number of fused-ring (bicyclic) bond motifs is 1. The summed E-state index contributed by atoms with van der Waals surface area (Å²) in [5.74, 6) is 0.747.